The number of hydrogen-bond donors (Lipinski definition) is 8. The van der Waals surface area contributed by atoms with Crippen molar-refractivity contribution >= 4 is 5.97 Å². The van der Waals surface area contributed by atoms with Crippen LogP contribution in [0.4, 0.5) is 0 Å². The Bertz CT molecular complexity index is 276. The van der Waals surface area contributed by atoms with E-state index in [2.05, 4.69) is 0 Å². The molecule has 0 rings (SSSR count). The first-order chi connectivity index (χ1) is 11.2. The van der Waals surface area contributed by atoms with Crippen LogP contribution in [-0.2, 0) is 4.79 Å². The van der Waals surface area contributed by atoms with Crippen molar-refractivity contribution < 1.29 is 61.2 Å². The average molecular weight is 385 g/mol. The van der Waals surface area contributed by atoms with Gasteiger partial charge in [-0.3, -0.25) is 4.79 Å². The molecule has 0 bridgehead atoms. The monoisotopic (exact) mass is 385 g/mol. The quantitative estimate of drug-likeness (QED) is 0.176. The lowest BCUT2D eigenvalue weighted by molar-refractivity contribution is -0.742. The molecule has 0 amide bonds. The van der Waals surface area contributed by atoms with Crippen molar-refractivity contribution in [2.45, 2.75) is 6.92 Å². The fourth-order valence-corrected chi connectivity index (χ4v) is 0.300. The molecule has 0 aromatic heterocycles. The summed E-state index contributed by atoms with van der Waals surface area (Å²) >= 11 is 0. The molecule has 0 aromatic rings. The van der Waals surface area contributed by atoms with E-state index in [4.69, 9.17) is 76.3 Å². The summed E-state index contributed by atoms with van der Waals surface area (Å²) in [4.78, 5) is 34.1. The van der Waals surface area contributed by atoms with Gasteiger partial charge in [-0.25, -0.2) is 0 Å². The number of rotatable bonds is 4. The second-order valence-corrected chi connectivity index (χ2v) is 3.36. The van der Waals surface area contributed by atoms with Gasteiger partial charge in [-0.15, -0.1) is 30.3 Å². The Morgan fingerprint density at radius 1 is 0.760 bits per heavy atom. The summed E-state index contributed by atoms with van der Waals surface area (Å²) in [6, 6.07) is 0. The summed E-state index contributed by atoms with van der Waals surface area (Å²) in [6.07, 6.45) is 0. The molecule has 18 heteroatoms. The van der Waals surface area contributed by atoms with Crippen molar-refractivity contribution in [2.75, 3.05) is 26.4 Å². The maximum Gasteiger partial charge on any atom is 0.300 e. The van der Waals surface area contributed by atoms with Crippen LogP contribution in [0.25, 0.3) is 0 Å². The predicted molar refractivity (Wildman–Crippen MR) is 70.4 cm³/mol. The van der Waals surface area contributed by atoms with Crippen molar-refractivity contribution in [3.63, 3.8) is 0 Å². The van der Waals surface area contributed by atoms with E-state index in [0.29, 0.717) is 0 Å². The maximum atomic E-state index is 9.00. The van der Waals surface area contributed by atoms with Gasteiger partial charge in [0.05, 0.1) is 31.8 Å². The van der Waals surface area contributed by atoms with Crippen LogP contribution in [0.3, 0.4) is 0 Å². The molecule has 18 nitrogen and oxygen atoms in total. The SMILES string of the molecule is CC(=O)O.O=[N+]([O-])O.O=[N+]([O-])O.O=[N+]([O-])O.OCC(CO)(CO)CO. The van der Waals surface area contributed by atoms with E-state index in [9.17, 15) is 0 Å². The van der Waals surface area contributed by atoms with Gasteiger partial charge in [-0.1, -0.05) is 0 Å². The van der Waals surface area contributed by atoms with Crippen molar-refractivity contribution in [1.29, 1.82) is 0 Å². The third kappa shape index (κ3) is 94.2. The molecular weight excluding hydrogens is 366 g/mol. The largest absolute Gasteiger partial charge is 0.481 e. The molecule has 0 aromatic carbocycles. The fourth-order valence-electron chi connectivity index (χ4n) is 0.300. The van der Waals surface area contributed by atoms with Gasteiger partial charge in [0, 0.05) is 6.92 Å². The van der Waals surface area contributed by atoms with Gasteiger partial charge in [0.15, 0.2) is 0 Å². The van der Waals surface area contributed by atoms with Gasteiger partial charge in [0.1, 0.15) is 0 Å². The molecular formula is C7H19N3O15. The Kier molecular flexibility index (Phi) is 31.1. The zero-order chi connectivity index (χ0) is 21.6. The topological polar surface area (TPSA) is 308 Å². The number of carboxylic acid groups (broad SMARTS) is 1. The van der Waals surface area contributed by atoms with E-state index in [1.165, 1.54) is 0 Å². The highest BCUT2D eigenvalue weighted by Gasteiger charge is 2.26. The molecule has 0 spiro atoms. The van der Waals surface area contributed by atoms with Crippen LogP contribution in [0.15, 0.2) is 0 Å². The minimum atomic E-state index is -1.50. The van der Waals surface area contributed by atoms with Gasteiger partial charge in [-0.05, 0) is 0 Å². The number of aliphatic hydroxyl groups excluding tert-OH is 4. The molecule has 0 radical (unpaired) electrons. The van der Waals surface area contributed by atoms with Crippen molar-refractivity contribution in [2.24, 2.45) is 5.41 Å². The highest BCUT2D eigenvalue weighted by Crippen LogP contribution is 2.11. The van der Waals surface area contributed by atoms with E-state index in [1.54, 1.807) is 0 Å². The first-order valence-corrected chi connectivity index (χ1v) is 5.30. The van der Waals surface area contributed by atoms with Crippen LogP contribution in [0.2, 0.25) is 0 Å². The highest BCUT2D eigenvalue weighted by atomic mass is 16.9. The summed E-state index contributed by atoms with van der Waals surface area (Å²) < 4.78 is 0. The molecule has 0 unspecified atom stereocenters. The van der Waals surface area contributed by atoms with Gasteiger partial charge >= 0.3 is 0 Å². The summed E-state index contributed by atoms with van der Waals surface area (Å²) in [5.41, 5.74) is -1.11. The molecule has 0 fully saturated rings. The second kappa shape index (κ2) is 23.2. The molecule has 0 aliphatic carbocycles. The second-order valence-electron chi connectivity index (χ2n) is 3.36. The predicted octanol–water partition coefficient (Wildman–Crippen LogP) is -3.01. The number of nitrogens with zero attached hydrogens (tertiary/aromatic N) is 3. The van der Waals surface area contributed by atoms with E-state index < -0.39 is 53.1 Å². The molecule has 8 N–H and O–H groups in total. The maximum absolute atomic E-state index is 9.00. The zero-order valence-corrected chi connectivity index (χ0v) is 12.6. The fraction of sp³-hybridized carbons (Fsp3) is 0.857. The van der Waals surface area contributed by atoms with Crippen molar-refractivity contribution in [1.82, 2.24) is 0 Å². The molecule has 0 saturated carbocycles. The normalized spacial score (nSPS) is 8.20. The van der Waals surface area contributed by atoms with Gasteiger partial charge in [0.25, 0.3) is 21.2 Å². The molecule has 0 aliphatic heterocycles. The molecule has 25 heavy (non-hydrogen) atoms. The van der Waals surface area contributed by atoms with E-state index in [0.717, 1.165) is 6.92 Å². The number of aliphatic carboxylic acids is 1. The van der Waals surface area contributed by atoms with Crippen LogP contribution < -0.4 is 0 Å². The lowest BCUT2D eigenvalue weighted by Gasteiger charge is -2.23. The van der Waals surface area contributed by atoms with Gasteiger partial charge < -0.3 is 41.2 Å². The Morgan fingerprint density at radius 2 is 0.840 bits per heavy atom. The van der Waals surface area contributed by atoms with Crippen molar-refractivity contribution in [3.8, 4) is 0 Å². The first kappa shape index (κ1) is 33.5. The van der Waals surface area contributed by atoms with Gasteiger partial charge in [-0.2, -0.15) is 0 Å². The lowest BCUT2D eigenvalue weighted by Crippen LogP contribution is -2.37. The van der Waals surface area contributed by atoms with E-state index >= 15 is 0 Å². The number of carboxylic acids is 1. The Morgan fingerprint density at radius 3 is 0.840 bits per heavy atom. The van der Waals surface area contributed by atoms with Crippen LogP contribution in [0.1, 0.15) is 6.92 Å². The van der Waals surface area contributed by atoms with Gasteiger partial charge in [0.2, 0.25) is 0 Å². The molecule has 0 saturated heterocycles. The standard InChI is InChI=1S/C5H12O4.C2H4O2.3HNO3/c6-1-5(2-7,3-8)4-9;1-2(3)4;3*2-1(3)4/h6-9H,1-4H2;1H3,(H,3,4);3*(H,2,3,4). The highest BCUT2D eigenvalue weighted by molar-refractivity contribution is 5.62. The summed E-state index contributed by atoms with van der Waals surface area (Å²) in [7, 11) is 0. The Hall–Kier alpha value is -3.09. The molecule has 0 heterocycles. The van der Waals surface area contributed by atoms with Crippen molar-refractivity contribution in [3.05, 3.63) is 30.3 Å². The van der Waals surface area contributed by atoms with E-state index in [1.807, 2.05) is 0 Å². The minimum absolute atomic E-state index is 0.406. The lowest BCUT2D eigenvalue weighted by atomic mass is 9.93. The minimum Gasteiger partial charge on any atom is -0.481 e. The Balaban J connectivity index is -0.0000000714. The molecule has 0 aliphatic rings. The summed E-state index contributed by atoms with van der Waals surface area (Å²) in [6.45, 7) is -0.542. The number of carbonyl (C=O) groups is 1. The molecule has 0 atom stereocenters. The van der Waals surface area contributed by atoms with Crippen LogP contribution in [0.5, 0.6) is 0 Å². The zero-order valence-electron chi connectivity index (χ0n) is 12.6. The third-order valence-electron chi connectivity index (χ3n) is 1.34. The first-order valence-electron chi connectivity index (χ1n) is 5.30. The summed E-state index contributed by atoms with van der Waals surface area (Å²) in [5, 5.41) is 82.3. The summed E-state index contributed by atoms with van der Waals surface area (Å²) in [5.74, 6) is -0.833. The van der Waals surface area contributed by atoms with E-state index in [-0.39, 0.29) is 0 Å². The average Bonchev–Trinajstić information content (AvgIpc) is 2.39. The smallest absolute Gasteiger partial charge is 0.300 e. The van der Waals surface area contributed by atoms with Crippen LogP contribution in [-0.4, -0.2) is 88.8 Å². The van der Waals surface area contributed by atoms with Crippen LogP contribution in [0, 0.1) is 35.8 Å². The molecule has 152 valence electrons. The van der Waals surface area contributed by atoms with Crippen LogP contribution >= 0.6 is 0 Å². The Labute approximate surface area is 137 Å². The number of aliphatic hydroxyl groups is 4. The number of hydrogen-bond acceptors (Lipinski definition) is 11. The third-order valence-corrected chi connectivity index (χ3v) is 1.34.